The second-order valence-electron chi connectivity index (χ2n) is 7.69. The van der Waals surface area contributed by atoms with E-state index in [1.54, 1.807) is 17.1 Å². The molecule has 0 radical (unpaired) electrons. The van der Waals surface area contributed by atoms with E-state index in [0.29, 0.717) is 6.54 Å². The molecule has 1 N–H and O–H groups in total. The van der Waals surface area contributed by atoms with Crippen LogP contribution in [0.25, 0.3) is 0 Å². The molecule has 0 spiro atoms. The molecule has 1 aliphatic carbocycles. The lowest BCUT2D eigenvalue weighted by molar-refractivity contribution is 0.144. The van der Waals surface area contributed by atoms with E-state index in [-0.39, 0.29) is 24.0 Å². The number of nitrogens with zero attached hydrogens (tertiary/aromatic N) is 5. The van der Waals surface area contributed by atoms with Gasteiger partial charge >= 0.3 is 6.03 Å². The Hall–Kier alpha value is -2.44. The summed E-state index contributed by atoms with van der Waals surface area (Å²) in [5.41, 5.74) is 1.10. The van der Waals surface area contributed by atoms with Crippen LogP contribution in [0.1, 0.15) is 63.4 Å². The number of nitrogens with one attached hydrogen (secondary N) is 1. The van der Waals surface area contributed by atoms with Crippen molar-refractivity contribution in [3.63, 3.8) is 0 Å². The van der Waals surface area contributed by atoms with Gasteiger partial charge in [0.15, 0.2) is 0 Å². The first-order valence-corrected chi connectivity index (χ1v) is 9.86. The third kappa shape index (κ3) is 4.84. The summed E-state index contributed by atoms with van der Waals surface area (Å²) >= 11 is 0. The van der Waals surface area contributed by atoms with Gasteiger partial charge in [0.25, 0.3) is 0 Å². The Bertz CT molecular complexity index is 723. The standard InChI is InChI=1S/C20H30N6O/c1-15(2)18(19-22-14-23-25(19)3)24-20(27)26(17-7-5-4-6-8-17)13-16-9-11-21-12-10-16/h9-12,14-15,17-18H,4-8,13H2,1-3H3,(H,24,27)/t18-/m0/s1. The minimum Gasteiger partial charge on any atom is -0.328 e. The quantitative estimate of drug-likeness (QED) is 0.845. The Morgan fingerprint density at radius 2 is 1.96 bits per heavy atom. The summed E-state index contributed by atoms with van der Waals surface area (Å²) in [6, 6.07) is 4.03. The number of carbonyl (C=O) groups is 1. The lowest BCUT2D eigenvalue weighted by atomic mass is 9.94. The van der Waals surface area contributed by atoms with E-state index in [2.05, 4.69) is 34.2 Å². The number of hydrogen-bond donors (Lipinski definition) is 1. The number of pyridine rings is 1. The SMILES string of the molecule is CC(C)[C@H](NC(=O)N(Cc1ccncc1)C1CCCCC1)c1ncnn1C. The normalized spacial score (nSPS) is 16.3. The van der Waals surface area contributed by atoms with Crippen LogP contribution in [0.4, 0.5) is 4.79 Å². The zero-order valence-electron chi connectivity index (χ0n) is 16.5. The molecule has 1 atom stereocenters. The fourth-order valence-electron chi connectivity index (χ4n) is 3.78. The summed E-state index contributed by atoms with van der Waals surface area (Å²) in [6.45, 7) is 4.78. The van der Waals surface area contributed by atoms with Gasteiger partial charge in [-0.1, -0.05) is 33.1 Å². The van der Waals surface area contributed by atoms with Crippen LogP contribution in [-0.2, 0) is 13.6 Å². The Kier molecular flexibility index (Phi) is 6.42. The lowest BCUT2D eigenvalue weighted by Crippen LogP contribution is -2.48. The number of urea groups is 1. The Morgan fingerprint density at radius 1 is 1.26 bits per heavy atom. The van der Waals surface area contributed by atoms with Crippen molar-refractivity contribution < 1.29 is 4.79 Å². The molecule has 0 saturated heterocycles. The molecule has 27 heavy (non-hydrogen) atoms. The third-order valence-corrected chi connectivity index (χ3v) is 5.35. The molecule has 2 heterocycles. The van der Waals surface area contributed by atoms with Crippen LogP contribution >= 0.6 is 0 Å². The van der Waals surface area contributed by atoms with Crippen molar-refractivity contribution in [3.8, 4) is 0 Å². The van der Waals surface area contributed by atoms with Crippen LogP contribution in [0, 0.1) is 5.92 Å². The maximum Gasteiger partial charge on any atom is 0.318 e. The van der Waals surface area contributed by atoms with Crippen LogP contribution in [-0.4, -0.2) is 36.7 Å². The zero-order valence-corrected chi connectivity index (χ0v) is 16.5. The fraction of sp³-hybridized carbons (Fsp3) is 0.600. The number of amides is 2. The first-order chi connectivity index (χ1) is 13.1. The molecular formula is C20H30N6O. The van der Waals surface area contributed by atoms with Crippen molar-refractivity contribution in [3.05, 3.63) is 42.2 Å². The first kappa shape index (κ1) is 19.3. The number of rotatable bonds is 6. The summed E-state index contributed by atoms with van der Waals surface area (Å²) in [7, 11) is 1.86. The molecule has 1 saturated carbocycles. The highest BCUT2D eigenvalue weighted by atomic mass is 16.2. The van der Waals surface area contributed by atoms with E-state index in [9.17, 15) is 4.79 Å². The van der Waals surface area contributed by atoms with Gasteiger partial charge in [-0.05, 0) is 36.5 Å². The van der Waals surface area contributed by atoms with Gasteiger partial charge in [0.1, 0.15) is 12.2 Å². The molecule has 1 aliphatic rings. The minimum atomic E-state index is -0.173. The topological polar surface area (TPSA) is 75.9 Å². The van der Waals surface area contributed by atoms with E-state index < -0.39 is 0 Å². The van der Waals surface area contributed by atoms with Gasteiger partial charge in [-0.2, -0.15) is 5.10 Å². The molecule has 0 unspecified atom stereocenters. The summed E-state index contributed by atoms with van der Waals surface area (Å²) in [5.74, 6) is 0.997. The molecule has 2 aromatic rings. The molecule has 3 rings (SSSR count). The molecule has 2 amide bonds. The molecule has 7 heteroatoms. The first-order valence-electron chi connectivity index (χ1n) is 9.86. The van der Waals surface area contributed by atoms with Crippen molar-refractivity contribution in [2.24, 2.45) is 13.0 Å². The summed E-state index contributed by atoms with van der Waals surface area (Å²) in [6.07, 6.45) is 10.8. The fourth-order valence-corrected chi connectivity index (χ4v) is 3.78. The van der Waals surface area contributed by atoms with Gasteiger partial charge in [0, 0.05) is 32.0 Å². The highest BCUT2D eigenvalue weighted by Crippen LogP contribution is 2.26. The largest absolute Gasteiger partial charge is 0.328 e. The lowest BCUT2D eigenvalue weighted by Gasteiger charge is -2.36. The second-order valence-corrected chi connectivity index (χ2v) is 7.69. The minimum absolute atomic E-state index is 0.0274. The summed E-state index contributed by atoms with van der Waals surface area (Å²) in [5, 5.41) is 7.39. The smallest absolute Gasteiger partial charge is 0.318 e. The van der Waals surface area contributed by atoms with Crippen LogP contribution in [0.2, 0.25) is 0 Å². The summed E-state index contributed by atoms with van der Waals surface area (Å²) in [4.78, 5) is 23.8. The predicted molar refractivity (Wildman–Crippen MR) is 104 cm³/mol. The summed E-state index contributed by atoms with van der Waals surface area (Å²) < 4.78 is 1.73. The zero-order chi connectivity index (χ0) is 19.2. The average Bonchev–Trinajstić information content (AvgIpc) is 3.11. The molecule has 146 valence electrons. The van der Waals surface area contributed by atoms with Crippen LogP contribution < -0.4 is 5.32 Å². The number of aryl methyl sites for hydroxylation is 1. The molecule has 0 bridgehead atoms. The Balaban J connectivity index is 1.79. The van der Waals surface area contributed by atoms with E-state index >= 15 is 0 Å². The molecule has 0 aromatic carbocycles. The van der Waals surface area contributed by atoms with Gasteiger partial charge in [0.2, 0.25) is 0 Å². The molecule has 7 nitrogen and oxygen atoms in total. The maximum absolute atomic E-state index is 13.3. The van der Waals surface area contributed by atoms with E-state index in [1.807, 2.05) is 24.1 Å². The maximum atomic E-state index is 13.3. The van der Waals surface area contributed by atoms with Crippen molar-refractivity contribution in [1.29, 1.82) is 0 Å². The van der Waals surface area contributed by atoms with Gasteiger partial charge < -0.3 is 10.2 Å². The van der Waals surface area contributed by atoms with Crippen LogP contribution in [0.15, 0.2) is 30.9 Å². The van der Waals surface area contributed by atoms with Gasteiger partial charge in [-0.15, -0.1) is 0 Å². The van der Waals surface area contributed by atoms with Crippen molar-refractivity contribution in [2.45, 2.75) is 64.6 Å². The second kappa shape index (κ2) is 8.97. The molecule has 0 aliphatic heterocycles. The van der Waals surface area contributed by atoms with Crippen molar-refractivity contribution >= 4 is 6.03 Å². The van der Waals surface area contributed by atoms with Gasteiger partial charge in [0.05, 0.1) is 6.04 Å². The molecule has 1 fully saturated rings. The third-order valence-electron chi connectivity index (χ3n) is 5.35. The predicted octanol–water partition coefficient (Wildman–Crippen LogP) is 3.45. The van der Waals surface area contributed by atoms with E-state index in [0.717, 1.165) is 24.2 Å². The molecular weight excluding hydrogens is 340 g/mol. The number of aromatic nitrogens is 4. The average molecular weight is 371 g/mol. The Morgan fingerprint density at radius 3 is 2.56 bits per heavy atom. The Labute approximate surface area is 161 Å². The highest BCUT2D eigenvalue weighted by Gasteiger charge is 2.29. The highest BCUT2D eigenvalue weighted by molar-refractivity contribution is 5.75. The van der Waals surface area contributed by atoms with Crippen LogP contribution in [0.3, 0.4) is 0 Å². The number of carbonyl (C=O) groups excluding carboxylic acids is 1. The number of hydrogen-bond acceptors (Lipinski definition) is 4. The van der Waals surface area contributed by atoms with Crippen molar-refractivity contribution in [2.75, 3.05) is 0 Å². The van der Waals surface area contributed by atoms with Gasteiger partial charge in [-0.3, -0.25) is 9.67 Å². The van der Waals surface area contributed by atoms with E-state index in [4.69, 9.17) is 0 Å². The monoisotopic (exact) mass is 370 g/mol. The van der Waals surface area contributed by atoms with E-state index in [1.165, 1.54) is 25.6 Å². The van der Waals surface area contributed by atoms with Crippen molar-refractivity contribution in [1.82, 2.24) is 30.0 Å². The molecule has 2 aromatic heterocycles. The van der Waals surface area contributed by atoms with Crippen LogP contribution in [0.5, 0.6) is 0 Å². The van der Waals surface area contributed by atoms with Gasteiger partial charge in [-0.25, -0.2) is 9.78 Å².